The minimum atomic E-state index is -0.116. The van der Waals surface area contributed by atoms with Crippen LogP contribution in [-0.2, 0) is 4.74 Å². The van der Waals surface area contributed by atoms with Crippen molar-refractivity contribution in [1.29, 1.82) is 0 Å². The van der Waals surface area contributed by atoms with E-state index in [2.05, 4.69) is 34.9 Å². The maximum absolute atomic E-state index is 12.8. The second kappa shape index (κ2) is 9.90. The lowest BCUT2D eigenvalue weighted by atomic mass is 10.0. The van der Waals surface area contributed by atoms with Crippen LogP contribution < -0.4 is 10.6 Å². The smallest absolute Gasteiger partial charge is 0.317 e. The summed E-state index contributed by atoms with van der Waals surface area (Å²) in [6.45, 7) is 3.41. The van der Waals surface area contributed by atoms with Gasteiger partial charge in [-0.15, -0.1) is 0 Å². The van der Waals surface area contributed by atoms with Crippen molar-refractivity contribution < 1.29 is 9.53 Å². The maximum Gasteiger partial charge on any atom is 0.317 e. The molecule has 0 radical (unpaired) electrons. The highest BCUT2D eigenvalue weighted by molar-refractivity contribution is 5.74. The number of likely N-dealkylation sites (tertiary alicyclic amines) is 1. The monoisotopic (exact) mass is 393 g/mol. The number of nitrogens with zero attached hydrogens (tertiary/aromatic N) is 1. The molecular formula is C24H31N3O2. The van der Waals surface area contributed by atoms with Crippen LogP contribution in [0.5, 0.6) is 0 Å². The molecule has 0 aliphatic carbocycles. The van der Waals surface area contributed by atoms with Crippen LogP contribution in [0.4, 0.5) is 4.79 Å². The summed E-state index contributed by atoms with van der Waals surface area (Å²) < 4.78 is 6.60. The lowest BCUT2D eigenvalue weighted by Gasteiger charge is -2.36. The van der Waals surface area contributed by atoms with Crippen molar-refractivity contribution >= 4 is 6.03 Å². The molecule has 5 heteroatoms. The number of piperidine rings is 2. The highest BCUT2D eigenvalue weighted by atomic mass is 16.5. The Balaban J connectivity index is 1.42. The molecule has 2 heterocycles. The Morgan fingerprint density at radius 1 is 0.966 bits per heavy atom. The van der Waals surface area contributed by atoms with E-state index >= 15 is 0 Å². The summed E-state index contributed by atoms with van der Waals surface area (Å²) >= 11 is 0. The average molecular weight is 394 g/mol. The molecular weight excluding hydrogens is 362 g/mol. The van der Waals surface area contributed by atoms with Gasteiger partial charge in [-0.3, -0.25) is 0 Å². The lowest BCUT2D eigenvalue weighted by molar-refractivity contribution is -0.0253. The van der Waals surface area contributed by atoms with Crippen molar-refractivity contribution in [3.8, 4) is 0 Å². The lowest BCUT2D eigenvalue weighted by Crippen LogP contribution is -2.52. The van der Waals surface area contributed by atoms with E-state index in [1.54, 1.807) is 0 Å². The van der Waals surface area contributed by atoms with Gasteiger partial charge in [-0.2, -0.15) is 0 Å². The van der Waals surface area contributed by atoms with E-state index in [1.807, 2.05) is 41.3 Å². The van der Waals surface area contributed by atoms with Crippen molar-refractivity contribution in [1.82, 2.24) is 15.5 Å². The van der Waals surface area contributed by atoms with E-state index in [4.69, 9.17) is 4.74 Å². The fourth-order valence-electron chi connectivity index (χ4n) is 4.26. The molecule has 4 rings (SSSR count). The molecule has 2 aliphatic heterocycles. The highest BCUT2D eigenvalue weighted by Gasteiger charge is 2.28. The summed E-state index contributed by atoms with van der Waals surface area (Å²) in [6.07, 6.45) is 3.88. The van der Waals surface area contributed by atoms with Crippen LogP contribution in [0.25, 0.3) is 0 Å². The SMILES string of the molecule is O=C(NC1CCNCC1)N1CCCC(OC(c2ccccc2)c2ccccc2)C1. The first kappa shape index (κ1) is 19.9. The Bertz CT molecular complexity index is 723. The summed E-state index contributed by atoms with van der Waals surface area (Å²) in [4.78, 5) is 14.7. The van der Waals surface area contributed by atoms with Gasteiger partial charge in [0, 0.05) is 19.1 Å². The number of carbonyl (C=O) groups excluding carboxylic acids is 1. The third-order valence-electron chi connectivity index (χ3n) is 5.87. The molecule has 2 aliphatic rings. The third-order valence-corrected chi connectivity index (χ3v) is 5.87. The fraction of sp³-hybridized carbons (Fsp3) is 0.458. The van der Waals surface area contributed by atoms with E-state index < -0.39 is 0 Å². The van der Waals surface area contributed by atoms with Crippen LogP contribution in [0.1, 0.15) is 42.9 Å². The van der Waals surface area contributed by atoms with Gasteiger partial charge in [0.1, 0.15) is 6.10 Å². The van der Waals surface area contributed by atoms with Crippen LogP contribution in [0.15, 0.2) is 60.7 Å². The number of carbonyl (C=O) groups is 1. The van der Waals surface area contributed by atoms with Crippen molar-refractivity contribution in [3.05, 3.63) is 71.8 Å². The van der Waals surface area contributed by atoms with Crippen LogP contribution in [-0.4, -0.2) is 49.3 Å². The minimum absolute atomic E-state index is 0.0351. The topological polar surface area (TPSA) is 53.6 Å². The molecule has 5 nitrogen and oxygen atoms in total. The molecule has 29 heavy (non-hydrogen) atoms. The van der Waals surface area contributed by atoms with E-state index in [0.717, 1.165) is 56.4 Å². The number of amides is 2. The van der Waals surface area contributed by atoms with Crippen LogP contribution in [0, 0.1) is 0 Å². The molecule has 0 aromatic heterocycles. The maximum atomic E-state index is 12.8. The Morgan fingerprint density at radius 2 is 1.59 bits per heavy atom. The van der Waals surface area contributed by atoms with Crippen molar-refractivity contribution in [2.75, 3.05) is 26.2 Å². The van der Waals surface area contributed by atoms with E-state index in [1.165, 1.54) is 0 Å². The first-order chi connectivity index (χ1) is 14.3. The zero-order valence-corrected chi connectivity index (χ0v) is 16.9. The molecule has 2 N–H and O–H groups in total. The Hall–Kier alpha value is -2.37. The number of benzene rings is 2. The van der Waals surface area contributed by atoms with Crippen molar-refractivity contribution in [2.45, 2.75) is 43.9 Å². The molecule has 2 aromatic carbocycles. The molecule has 2 saturated heterocycles. The van der Waals surface area contributed by atoms with Crippen molar-refractivity contribution in [2.24, 2.45) is 0 Å². The minimum Gasteiger partial charge on any atom is -0.364 e. The molecule has 2 amide bonds. The number of nitrogens with one attached hydrogen (secondary N) is 2. The largest absolute Gasteiger partial charge is 0.364 e. The first-order valence-electron chi connectivity index (χ1n) is 10.8. The average Bonchev–Trinajstić information content (AvgIpc) is 2.79. The van der Waals surface area contributed by atoms with Gasteiger partial charge in [0.05, 0.1) is 6.10 Å². The second-order valence-corrected chi connectivity index (χ2v) is 8.02. The predicted octanol–water partition coefficient (Wildman–Crippen LogP) is 3.72. The molecule has 0 saturated carbocycles. The highest BCUT2D eigenvalue weighted by Crippen LogP contribution is 2.29. The zero-order chi connectivity index (χ0) is 19.9. The molecule has 1 unspecified atom stereocenters. The second-order valence-electron chi connectivity index (χ2n) is 8.02. The van der Waals surface area contributed by atoms with Gasteiger partial charge < -0.3 is 20.3 Å². The summed E-state index contributed by atoms with van der Waals surface area (Å²) in [5.74, 6) is 0. The van der Waals surface area contributed by atoms with Crippen LogP contribution in [0.2, 0.25) is 0 Å². The van der Waals surface area contributed by atoms with Gasteiger partial charge in [-0.1, -0.05) is 60.7 Å². The summed E-state index contributed by atoms with van der Waals surface area (Å²) in [5, 5.41) is 6.56. The molecule has 0 spiro atoms. The third kappa shape index (κ3) is 5.37. The quantitative estimate of drug-likeness (QED) is 0.814. The van der Waals surface area contributed by atoms with E-state index in [0.29, 0.717) is 6.54 Å². The summed E-state index contributed by atoms with van der Waals surface area (Å²) in [5.41, 5.74) is 2.30. The van der Waals surface area contributed by atoms with Gasteiger partial charge in [0.25, 0.3) is 0 Å². The van der Waals surface area contributed by atoms with Gasteiger partial charge in [-0.05, 0) is 49.9 Å². The predicted molar refractivity (Wildman–Crippen MR) is 115 cm³/mol. The Morgan fingerprint density at radius 3 is 2.21 bits per heavy atom. The molecule has 154 valence electrons. The number of rotatable bonds is 5. The normalized spacial score (nSPS) is 20.6. The first-order valence-corrected chi connectivity index (χ1v) is 10.8. The molecule has 2 aromatic rings. The van der Waals surface area contributed by atoms with Gasteiger partial charge >= 0.3 is 6.03 Å². The van der Waals surface area contributed by atoms with Gasteiger partial charge in [0.15, 0.2) is 0 Å². The van der Waals surface area contributed by atoms with Gasteiger partial charge in [0.2, 0.25) is 0 Å². The Labute approximate surface area is 173 Å². The zero-order valence-electron chi connectivity index (χ0n) is 16.9. The number of hydrogen-bond acceptors (Lipinski definition) is 3. The summed E-state index contributed by atoms with van der Waals surface area (Å²) in [6, 6.07) is 21.0. The number of hydrogen-bond donors (Lipinski definition) is 2. The summed E-state index contributed by atoms with van der Waals surface area (Å²) in [7, 11) is 0. The van der Waals surface area contributed by atoms with E-state index in [-0.39, 0.29) is 24.3 Å². The standard InChI is InChI=1S/C24H31N3O2/c28-24(26-21-13-15-25-16-14-21)27-17-7-12-22(18-27)29-23(19-8-3-1-4-9-19)20-10-5-2-6-11-20/h1-6,8-11,21-23,25H,7,12-18H2,(H,26,28). The molecule has 2 fully saturated rings. The number of ether oxygens (including phenoxy) is 1. The fourth-order valence-corrected chi connectivity index (χ4v) is 4.26. The van der Waals surface area contributed by atoms with Crippen molar-refractivity contribution in [3.63, 3.8) is 0 Å². The molecule has 0 bridgehead atoms. The van der Waals surface area contributed by atoms with Crippen LogP contribution in [0.3, 0.4) is 0 Å². The van der Waals surface area contributed by atoms with E-state index in [9.17, 15) is 4.79 Å². The van der Waals surface area contributed by atoms with Gasteiger partial charge in [-0.25, -0.2) is 4.79 Å². The number of urea groups is 1. The Kier molecular flexibility index (Phi) is 6.80. The molecule has 1 atom stereocenters. The van der Waals surface area contributed by atoms with Crippen LogP contribution >= 0.6 is 0 Å².